The number of likely N-dealkylation sites (N-methyl/N-ethyl adjacent to an activating group) is 1. The molecule has 0 bridgehead atoms. The maximum atomic E-state index is 12.6. The Balaban J connectivity index is 1.57. The first-order valence-electron chi connectivity index (χ1n) is 9.62. The summed E-state index contributed by atoms with van der Waals surface area (Å²) in [5.74, 6) is -0.324. The van der Waals surface area contributed by atoms with Crippen molar-refractivity contribution in [2.24, 2.45) is 0 Å². The molecule has 2 amide bonds. The summed E-state index contributed by atoms with van der Waals surface area (Å²) >= 11 is 1.58. The third-order valence-electron chi connectivity index (χ3n) is 4.49. The number of carbonyl (C=O) groups excluding carboxylic acids is 2. The number of hydrogen-bond donors (Lipinski definition) is 2. The predicted octanol–water partition coefficient (Wildman–Crippen LogP) is 4.58. The van der Waals surface area contributed by atoms with E-state index in [9.17, 15) is 9.59 Å². The fourth-order valence-corrected chi connectivity index (χ4v) is 3.69. The van der Waals surface area contributed by atoms with Crippen LogP contribution in [0.1, 0.15) is 0 Å². The second-order valence-electron chi connectivity index (χ2n) is 6.88. The highest BCUT2D eigenvalue weighted by atomic mass is 32.2. The van der Waals surface area contributed by atoms with Crippen LogP contribution in [0.4, 0.5) is 11.4 Å². The van der Waals surface area contributed by atoms with E-state index in [0.717, 1.165) is 27.4 Å². The molecule has 0 aliphatic carbocycles. The van der Waals surface area contributed by atoms with Crippen molar-refractivity contribution in [3.8, 4) is 11.1 Å². The molecule has 0 unspecified atom stereocenters. The van der Waals surface area contributed by atoms with Crippen molar-refractivity contribution in [1.29, 1.82) is 0 Å². The standard InChI is InChI=1S/C24H25N3O2S/c1-27(17-24(29)26-21-14-8-9-15-22(21)30-2)16-23(28)25-20-13-7-6-12-19(20)18-10-4-3-5-11-18/h3-15H,16-17H2,1-2H3,(H,25,28)(H,26,29). The maximum absolute atomic E-state index is 12.6. The monoisotopic (exact) mass is 419 g/mol. The molecule has 0 aliphatic heterocycles. The molecule has 30 heavy (non-hydrogen) atoms. The van der Waals surface area contributed by atoms with E-state index in [4.69, 9.17) is 0 Å². The summed E-state index contributed by atoms with van der Waals surface area (Å²) < 4.78 is 0. The molecule has 0 spiro atoms. The molecule has 0 aliphatic rings. The van der Waals surface area contributed by atoms with Crippen LogP contribution in [-0.2, 0) is 9.59 Å². The second kappa shape index (κ2) is 10.6. The Hall–Kier alpha value is -3.09. The van der Waals surface area contributed by atoms with Gasteiger partial charge in [0.2, 0.25) is 11.8 Å². The average molecular weight is 420 g/mol. The van der Waals surface area contributed by atoms with Crippen molar-refractivity contribution in [2.45, 2.75) is 4.90 Å². The molecule has 3 aromatic rings. The summed E-state index contributed by atoms with van der Waals surface area (Å²) in [6.07, 6.45) is 1.97. The highest BCUT2D eigenvalue weighted by molar-refractivity contribution is 7.98. The van der Waals surface area contributed by atoms with Crippen LogP contribution in [0.25, 0.3) is 11.1 Å². The molecule has 0 atom stereocenters. The van der Waals surface area contributed by atoms with Crippen molar-refractivity contribution in [1.82, 2.24) is 4.90 Å². The van der Waals surface area contributed by atoms with Crippen molar-refractivity contribution in [3.05, 3.63) is 78.9 Å². The minimum atomic E-state index is -0.168. The molecule has 154 valence electrons. The van der Waals surface area contributed by atoms with Crippen LogP contribution in [0.15, 0.2) is 83.8 Å². The summed E-state index contributed by atoms with van der Waals surface area (Å²) in [5, 5.41) is 5.88. The first-order chi connectivity index (χ1) is 14.6. The van der Waals surface area contributed by atoms with Gasteiger partial charge in [0.15, 0.2) is 0 Å². The normalized spacial score (nSPS) is 10.6. The fourth-order valence-electron chi connectivity index (χ4n) is 3.14. The van der Waals surface area contributed by atoms with Gasteiger partial charge in [-0.2, -0.15) is 0 Å². The number of benzene rings is 3. The molecule has 2 N–H and O–H groups in total. The highest BCUT2D eigenvalue weighted by Gasteiger charge is 2.14. The third-order valence-corrected chi connectivity index (χ3v) is 5.29. The average Bonchev–Trinajstić information content (AvgIpc) is 2.74. The smallest absolute Gasteiger partial charge is 0.238 e. The number of hydrogen-bond acceptors (Lipinski definition) is 4. The van der Waals surface area contributed by atoms with Gasteiger partial charge in [0.05, 0.1) is 18.8 Å². The van der Waals surface area contributed by atoms with Gasteiger partial charge >= 0.3 is 0 Å². The van der Waals surface area contributed by atoms with Gasteiger partial charge in [-0.05, 0) is 37.1 Å². The van der Waals surface area contributed by atoms with Crippen molar-refractivity contribution < 1.29 is 9.59 Å². The Morgan fingerprint density at radius 1 is 0.767 bits per heavy atom. The number of thioether (sulfide) groups is 1. The number of amides is 2. The maximum Gasteiger partial charge on any atom is 0.238 e. The molecule has 5 nitrogen and oxygen atoms in total. The summed E-state index contributed by atoms with van der Waals surface area (Å²) in [6.45, 7) is 0.233. The zero-order valence-corrected chi connectivity index (χ0v) is 17.9. The van der Waals surface area contributed by atoms with Gasteiger partial charge in [0.1, 0.15) is 0 Å². The Bertz CT molecular complexity index is 1010. The summed E-state index contributed by atoms with van der Waals surface area (Å²) in [6, 6.07) is 25.3. The van der Waals surface area contributed by atoms with Gasteiger partial charge in [0, 0.05) is 16.1 Å². The van der Waals surface area contributed by atoms with Crippen LogP contribution in [0.5, 0.6) is 0 Å². The van der Waals surface area contributed by atoms with E-state index in [1.54, 1.807) is 23.7 Å². The fraction of sp³-hybridized carbons (Fsp3) is 0.167. The zero-order valence-electron chi connectivity index (χ0n) is 17.1. The molecule has 0 radical (unpaired) electrons. The van der Waals surface area contributed by atoms with E-state index in [1.807, 2.05) is 85.1 Å². The Kier molecular flexibility index (Phi) is 7.65. The molecule has 3 rings (SSSR count). The van der Waals surface area contributed by atoms with Crippen LogP contribution in [-0.4, -0.2) is 43.1 Å². The number of para-hydroxylation sites is 2. The Morgan fingerprint density at radius 3 is 1.97 bits per heavy atom. The molecule has 0 aromatic heterocycles. The quantitative estimate of drug-likeness (QED) is 0.525. The van der Waals surface area contributed by atoms with Crippen molar-refractivity contribution in [2.75, 3.05) is 37.0 Å². The molecule has 0 heterocycles. The number of carbonyl (C=O) groups is 2. The first-order valence-corrected chi connectivity index (χ1v) is 10.8. The lowest BCUT2D eigenvalue weighted by atomic mass is 10.0. The molecule has 0 saturated carbocycles. The molecule has 0 fully saturated rings. The van der Waals surface area contributed by atoms with E-state index < -0.39 is 0 Å². The molecule has 0 saturated heterocycles. The van der Waals surface area contributed by atoms with Crippen molar-refractivity contribution in [3.63, 3.8) is 0 Å². The molecule has 6 heteroatoms. The van der Waals surface area contributed by atoms with Crippen LogP contribution in [0, 0.1) is 0 Å². The Labute approximate surface area is 181 Å². The first kappa shape index (κ1) is 21.6. The van der Waals surface area contributed by atoms with Gasteiger partial charge in [-0.1, -0.05) is 60.7 Å². The van der Waals surface area contributed by atoms with Gasteiger partial charge in [-0.3, -0.25) is 14.5 Å². The van der Waals surface area contributed by atoms with Crippen LogP contribution >= 0.6 is 11.8 Å². The number of rotatable bonds is 8. The summed E-state index contributed by atoms with van der Waals surface area (Å²) in [5.41, 5.74) is 3.53. The second-order valence-corrected chi connectivity index (χ2v) is 7.73. The number of nitrogens with one attached hydrogen (secondary N) is 2. The molecular weight excluding hydrogens is 394 g/mol. The van der Waals surface area contributed by atoms with Gasteiger partial charge < -0.3 is 10.6 Å². The Morgan fingerprint density at radius 2 is 1.30 bits per heavy atom. The van der Waals surface area contributed by atoms with Gasteiger partial charge in [-0.25, -0.2) is 0 Å². The minimum absolute atomic E-state index is 0.112. The largest absolute Gasteiger partial charge is 0.324 e. The summed E-state index contributed by atoms with van der Waals surface area (Å²) in [4.78, 5) is 27.6. The molecule has 3 aromatic carbocycles. The topological polar surface area (TPSA) is 61.4 Å². The lowest BCUT2D eigenvalue weighted by Crippen LogP contribution is -2.36. The van der Waals surface area contributed by atoms with E-state index >= 15 is 0 Å². The summed E-state index contributed by atoms with van der Waals surface area (Å²) in [7, 11) is 1.75. The highest BCUT2D eigenvalue weighted by Crippen LogP contribution is 2.27. The minimum Gasteiger partial charge on any atom is -0.324 e. The number of nitrogens with zero attached hydrogens (tertiary/aromatic N) is 1. The zero-order chi connectivity index (χ0) is 21.3. The van der Waals surface area contributed by atoms with Crippen LogP contribution in [0.3, 0.4) is 0 Å². The predicted molar refractivity (Wildman–Crippen MR) is 125 cm³/mol. The van der Waals surface area contributed by atoms with Gasteiger partial charge in [0.25, 0.3) is 0 Å². The van der Waals surface area contributed by atoms with E-state index in [1.165, 1.54) is 0 Å². The van der Waals surface area contributed by atoms with Crippen LogP contribution < -0.4 is 10.6 Å². The van der Waals surface area contributed by atoms with E-state index in [-0.39, 0.29) is 24.9 Å². The third kappa shape index (κ3) is 5.95. The number of anilines is 2. The molecular formula is C24H25N3O2S. The van der Waals surface area contributed by atoms with Gasteiger partial charge in [-0.15, -0.1) is 11.8 Å². The lowest BCUT2D eigenvalue weighted by molar-refractivity contribution is -0.119. The van der Waals surface area contributed by atoms with E-state index in [2.05, 4.69) is 10.6 Å². The lowest BCUT2D eigenvalue weighted by Gasteiger charge is -2.17. The van der Waals surface area contributed by atoms with E-state index in [0.29, 0.717) is 0 Å². The SMILES string of the molecule is CSc1ccccc1NC(=O)CN(C)CC(=O)Nc1ccccc1-c1ccccc1. The van der Waals surface area contributed by atoms with Crippen LogP contribution in [0.2, 0.25) is 0 Å². The van der Waals surface area contributed by atoms with Crippen molar-refractivity contribution >= 4 is 35.0 Å².